The van der Waals surface area contributed by atoms with Crippen LogP contribution in [0.15, 0.2) is 24.3 Å². The summed E-state index contributed by atoms with van der Waals surface area (Å²) in [5, 5.41) is 2.78. The first-order valence-corrected chi connectivity index (χ1v) is 9.03. The van der Waals surface area contributed by atoms with Crippen LogP contribution in [-0.2, 0) is 9.53 Å². The molecule has 1 heterocycles. The molecule has 1 aromatic rings. The Kier molecular flexibility index (Phi) is 6.88. The number of nitrogens with two attached hydrogens (primary N) is 1. The highest BCUT2D eigenvalue weighted by molar-refractivity contribution is 7.98. The quantitative estimate of drug-likeness (QED) is 0.814. The monoisotopic (exact) mass is 337 g/mol. The minimum atomic E-state index is -0.517. The minimum absolute atomic E-state index is 0.0113. The van der Waals surface area contributed by atoms with Crippen LogP contribution in [0, 0.1) is 0 Å². The summed E-state index contributed by atoms with van der Waals surface area (Å²) in [6.07, 6.45) is 2.62. The zero-order valence-electron chi connectivity index (χ0n) is 13.3. The third-order valence-electron chi connectivity index (χ3n) is 3.67. The van der Waals surface area contributed by atoms with E-state index < -0.39 is 6.04 Å². The van der Waals surface area contributed by atoms with Gasteiger partial charge in [0.1, 0.15) is 0 Å². The first-order valence-electron chi connectivity index (χ1n) is 7.64. The summed E-state index contributed by atoms with van der Waals surface area (Å²) in [5.41, 5.74) is 7.08. The normalized spacial score (nSPS) is 16.0. The van der Waals surface area contributed by atoms with Gasteiger partial charge in [-0.25, -0.2) is 0 Å². The van der Waals surface area contributed by atoms with Crippen LogP contribution in [0.2, 0.25) is 0 Å². The number of anilines is 1. The second-order valence-corrected chi connectivity index (χ2v) is 6.34. The molecule has 1 aliphatic heterocycles. The van der Waals surface area contributed by atoms with Gasteiger partial charge in [0.25, 0.3) is 5.91 Å². The molecule has 2 rings (SSSR count). The molecule has 0 saturated carbocycles. The molecule has 1 saturated heterocycles. The molecule has 6 nitrogen and oxygen atoms in total. The van der Waals surface area contributed by atoms with E-state index in [4.69, 9.17) is 10.5 Å². The van der Waals surface area contributed by atoms with Gasteiger partial charge in [-0.05, 0) is 42.7 Å². The fraction of sp³-hybridized carbons (Fsp3) is 0.500. The Morgan fingerprint density at radius 1 is 1.30 bits per heavy atom. The van der Waals surface area contributed by atoms with Crippen molar-refractivity contribution in [3.8, 4) is 0 Å². The molecule has 0 aliphatic carbocycles. The predicted molar refractivity (Wildman–Crippen MR) is 92.8 cm³/mol. The number of benzene rings is 1. The Hall–Kier alpha value is -1.57. The van der Waals surface area contributed by atoms with Crippen molar-refractivity contribution in [2.45, 2.75) is 12.5 Å². The van der Waals surface area contributed by atoms with Crippen LogP contribution in [0.25, 0.3) is 0 Å². The number of carbonyl (C=O) groups is 2. The second kappa shape index (κ2) is 8.90. The van der Waals surface area contributed by atoms with Crippen LogP contribution in [0.1, 0.15) is 16.8 Å². The van der Waals surface area contributed by atoms with Crippen LogP contribution in [0.4, 0.5) is 5.69 Å². The molecular formula is C16H23N3O3S. The number of thioether (sulfide) groups is 1. The van der Waals surface area contributed by atoms with Crippen LogP contribution in [0.3, 0.4) is 0 Å². The summed E-state index contributed by atoms with van der Waals surface area (Å²) < 4.78 is 5.24. The lowest BCUT2D eigenvalue weighted by Gasteiger charge is -2.26. The number of hydrogen-bond acceptors (Lipinski definition) is 5. The molecule has 23 heavy (non-hydrogen) atoms. The smallest absolute Gasteiger partial charge is 0.254 e. The van der Waals surface area contributed by atoms with Crippen molar-refractivity contribution in [1.82, 2.24) is 4.90 Å². The molecule has 0 radical (unpaired) electrons. The predicted octanol–water partition coefficient (Wildman–Crippen LogP) is 1.18. The first kappa shape index (κ1) is 17.8. The standard InChI is InChI=1S/C16H23N3O3S/c1-23-11-6-14(17)15(20)18-13-4-2-12(3-5-13)16(21)19-7-9-22-10-8-19/h2-5,14H,6-11,17H2,1H3,(H,18,20)/t14-/m0/s1. The molecule has 0 aromatic heterocycles. The summed E-state index contributed by atoms with van der Waals surface area (Å²) in [5.74, 6) is 0.635. The molecule has 1 atom stereocenters. The van der Waals surface area contributed by atoms with Crippen molar-refractivity contribution in [2.24, 2.45) is 5.73 Å². The van der Waals surface area contributed by atoms with Gasteiger partial charge in [0, 0.05) is 24.3 Å². The van der Waals surface area contributed by atoms with Crippen molar-refractivity contribution in [1.29, 1.82) is 0 Å². The Morgan fingerprint density at radius 2 is 1.96 bits per heavy atom. The summed E-state index contributed by atoms with van der Waals surface area (Å²) >= 11 is 1.66. The van der Waals surface area contributed by atoms with Gasteiger partial charge in [-0.2, -0.15) is 11.8 Å². The third kappa shape index (κ3) is 5.23. The number of morpholine rings is 1. The highest BCUT2D eigenvalue weighted by atomic mass is 32.2. The van der Waals surface area contributed by atoms with E-state index in [0.29, 0.717) is 44.0 Å². The highest BCUT2D eigenvalue weighted by Gasteiger charge is 2.18. The van der Waals surface area contributed by atoms with Crippen LogP contribution in [-0.4, -0.2) is 61.1 Å². The third-order valence-corrected chi connectivity index (χ3v) is 4.31. The van der Waals surface area contributed by atoms with Crippen molar-refractivity contribution in [3.63, 3.8) is 0 Å². The van der Waals surface area contributed by atoms with Gasteiger partial charge in [-0.15, -0.1) is 0 Å². The Bertz CT molecular complexity index is 530. The number of nitrogens with zero attached hydrogens (tertiary/aromatic N) is 1. The fourth-order valence-electron chi connectivity index (χ4n) is 2.26. The Balaban J connectivity index is 1.91. The first-order chi connectivity index (χ1) is 11.1. The lowest BCUT2D eigenvalue weighted by molar-refractivity contribution is -0.117. The molecule has 2 amide bonds. The number of ether oxygens (including phenoxy) is 1. The zero-order valence-corrected chi connectivity index (χ0v) is 14.1. The van der Waals surface area contributed by atoms with Crippen LogP contribution < -0.4 is 11.1 Å². The van der Waals surface area contributed by atoms with E-state index in [2.05, 4.69) is 5.32 Å². The summed E-state index contributed by atoms with van der Waals surface area (Å²) in [6.45, 7) is 2.38. The van der Waals surface area contributed by atoms with Gasteiger partial charge in [0.15, 0.2) is 0 Å². The van der Waals surface area contributed by atoms with Crippen molar-refractivity contribution in [3.05, 3.63) is 29.8 Å². The molecule has 3 N–H and O–H groups in total. The fourth-order valence-corrected chi connectivity index (χ4v) is 2.75. The van der Waals surface area contributed by atoms with E-state index >= 15 is 0 Å². The number of hydrogen-bond donors (Lipinski definition) is 2. The minimum Gasteiger partial charge on any atom is -0.378 e. The van der Waals surface area contributed by atoms with E-state index in [1.165, 1.54) is 0 Å². The maximum atomic E-state index is 12.3. The average Bonchev–Trinajstić information content (AvgIpc) is 2.60. The van der Waals surface area contributed by atoms with Gasteiger partial charge < -0.3 is 20.7 Å². The molecule has 7 heteroatoms. The second-order valence-electron chi connectivity index (χ2n) is 5.36. The topological polar surface area (TPSA) is 84.7 Å². The van der Waals surface area contributed by atoms with Crippen molar-refractivity contribution < 1.29 is 14.3 Å². The molecule has 126 valence electrons. The number of carbonyl (C=O) groups excluding carboxylic acids is 2. The van der Waals surface area contributed by atoms with E-state index in [1.54, 1.807) is 40.9 Å². The van der Waals surface area contributed by atoms with E-state index in [0.717, 1.165) is 5.75 Å². The van der Waals surface area contributed by atoms with Crippen molar-refractivity contribution >= 4 is 29.3 Å². The molecular weight excluding hydrogens is 314 g/mol. The SMILES string of the molecule is CSCC[C@H](N)C(=O)Nc1ccc(C(=O)N2CCOCC2)cc1. The molecule has 1 aliphatic rings. The summed E-state index contributed by atoms with van der Waals surface area (Å²) in [6, 6.07) is 6.39. The number of rotatable bonds is 6. The molecule has 0 bridgehead atoms. The van der Waals surface area contributed by atoms with E-state index in [9.17, 15) is 9.59 Å². The van der Waals surface area contributed by atoms with Gasteiger partial charge >= 0.3 is 0 Å². The Labute approximate surface area is 140 Å². The van der Waals surface area contributed by atoms with Gasteiger partial charge in [0.05, 0.1) is 19.3 Å². The molecule has 0 unspecified atom stereocenters. The van der Waals surface area contributed by atoms with Crippen LogP contribution >= 0.6 is 11.8 Å². The lowest BCUT2D eigenvalue weighted by Crippen LogP contribution is -2.40. The van der Waals surface area contributed by atoms with Gasteiger partial charge in [0.2, 0.25) is 5.91 Å². The van der Waals surface area contributed by atoms with E-state index in [-0.39, 0.29) is 11.8 Å². The van der Waals surface area contributed by atoms with E-state index in [1.807, 2.05) is 6.26 Å². The maximum Gasteiger partial charge on any atom is 0.254 e. The number of amides is 2. The largest absolute Gasteiger partial charge is 0.378 e. The molecule has 1 aromatic carbocycles. The molecule has 1 fully saturated rings. The van der Waals surface area contributed by atoms with Crippen molar-refractivity contribution in [2.75, 3.05) is 43.6 Å². The summed E-state index contributed by atoms with van der Waals surface area (Å²) in [7, 11) is 0. The Morgan fingerprint density at radius 3 is 2.57 bits per heavy atom. The van der Waals surface area contributed by atoms with Gasteiger partial charge in [-0.1, -0.05) is 0 Å². The maximum absolute atomic E-state index is 12.3. The zero-order chi connectivity index (χ0) is 16.7. The summed E-state index contributed by atoms with van der Waals surface area (Å²) in [4.78, 5) is 26.0. The average molecular weight is 337 g/mol. The molecule has 0 spiro atoms. The lowest BCUT2D eigenvalue weighted by atomic mass is 10.1. The van der Waals surface area contributed by atoms with Crippen LogP contribution in [0.5, 0.6) is 0 Å². The number of nitrogens with one attached hydrogen (secondary N) is 1. The van der Waals surface area contributed by atoms with Gasteiger partial charge in [-0.3, -0.25) is 9.59 Å². The highest BCUT2D eigenvalue weighted by Crippen LogP contribution is 2.13.